The van der Waals surface area contributed by atoms with Gasteiger partial charge in [-0.05, 0) is 50.0 Å². The van der Waals surface area contributed by atoms with E-state index in [1.807, 2.05) is 16.8 Å². The molecular formula is C16H22N2O3S. The third-order valence-electron chi connectivity index (χ3n) is 4.73. The number of amides is 2. The minimum Gasteiger partial charge on any atom is -0.380 e. The summed E-state index contributed by atoms with van der Waals surface area (Å²) in [5.74, 6) is -0.159. The summed E-state index contributed by atoms with van der Waals surface area (Å²) in [4.78, 5) is 26.2. The minimum atomic E-state index is -1.13. The summed E-state index contributed by atoms with van der Waals surface area (Å²) in [5, 5.41) is 17.1. The molecule has 2 heterocycles. The monoisotopic (exact) mass is 322 g/mol. The highest BCUT2D eigenvalue weighted by atomic mass is 32.1. The molecule has 1 saturated carbocycles. The summed E-state index contributed by atoms with van der Waals surface area (Å²) < 4.78 is 0. The van der Waals surface area contributed by atoms with E-state index in [1.165, 1.54) is 11.3 Å². The van der Waals surface area contributed by atoms with Gasteiger partial charge in [-0.2, -0.15) is 11.3 Å². The normalized spacial score (nSPS) is 21.8. The van der Waals surface area contributed by atoms with Gasteiger partial charge in [0.2, 0.25) is 0 Å². The van der Waals surface area contributed by atoms with Crippen molar-refractivity contribution in [3.8, 4) is 0 Å². The van der Waals surface area contributed by atoms with Gasteiger partial charge in [-0.25, -0.2) is 0 Å². The van der Waals surface area contributed by atoms with Gasteiger partial charge in [0.25, 0.3) is 11.8 Å². The van der Waals surface area contributed by atoms with Gasteiger partial charge in [0.05, 0.1) is 0 Å². The van der Waals surface area contributed by atoms with Crippen molar-refractivity contribution in [2.45, 2.75) is 50.2 Å². The standard InChI is InChI=1S/C16H22N2O3S/c19-14(12-5-10-22-11-12)17-13-3-8-18(9-4-13)15(20)16(21)6-1-2-7-16/h5,10-11,13,21H,1-4,6-9H2,(H,17,19). The summed E-state index contributed by atoms with van der Waals surface area (Å²) in [6.45, 7) is 1.21. The maximum Gasteiger partial charge on any atom is 0.254 e. The molecule has 1 aliphatic heterocycles. The van der Waals surface area contributed by atoms with Crippen molar-refractivity contribution in [1.82, 2.24) is 10.2 Å². The lowest BCUT2D eigenvalue weighted by Crippen LogP contribution is -2.53. The minimum absolute atomic E-state index is 0.0413. The van der Waals surface area contributed by atoms with Gasteiger partial charge >= 0.3 is 0 Å². The first-order valence-electron chi connectivity index (χ1n) is 7.93. The van der Waals surface area contributed by atoms with Crippen LogP contribution in [0, 0.1) is 0 Å². The Morgan fingerprint density at radius 1 is 1.27 bits per heavy atom. The lowest BCUT2D eigenvalue weighted by Gasteiger charge is -2.36. The van der Waals surface area contributed by atoms with Crippen molar-refractivity contribution in [2.75, 3.05) is 13.1 Å². The number of nitrogens with one attached hydrogen (secondary N) is 1. The van der Waals surface area contributed by atoms with Crippen LogP contribution >= 0.6 is 11.3 Å². The van der Waals surface area contributed by atoms with Crippen molar-refractivity contribution in [1.29, 1.82) is 0 Å². The van der Waals surface area contributed by atoms with Crippen molar-refractivity contribution < 1.29 is 14.7 Å². The van der Waals surface area contributed by atoms with Gasteiger partial charge in [-0.3, -0.25) is 9.59 Å². The molecule has 22 heavy (non-hydrogen) atoms. The lowest BCUT2D eigenvalue weighted by atomic mass is 9.97. The second-order valence-corrected chi connectivity index (χ2v) is 7.07. The van der Waals surface area contributed by atoms with Crippen LogP contribution in [0.2, 0.25) is 0 Å². The first-order valence-corrected chi connectivity index (χ1v) is 8.88. The van der Waals surface area contributed by atoms with E-state index in [-0.39, 0.29) is 17.9 Å². The van der Waals surface area contributed by atoms with E-state index in [0.717, 1.165) is 25.7 Å². The Kier molecular flexibility index (Phi) is 4.49. The van der Waals surface area contributed by atoms with Crippen LogP contribution in [-0.2, 0) is 4.79 Å². The fourth-order valence-electron chi connectivity index (χ4n) is 3.36. The highest BCUT2D eigenvalue weighted by Crippen LogP contribution is 2.32. The van der Waals surface area contributed by atoms with Gasteiger partial charge < -0.3 is 15.3 Å². The fraction of sp³-hybridized carbons (Fsp3) is 0.625. The van der Waals surface area contributed by atoms with Crippen LogP contribution in [-0.4, -0.2) is 46.6 Å². The number of likely N-dealkylation sites (tertiary alicyclic amines) is 1. The Hall–Kier alpha value is -1.40. The molecule has 0 spiro atoms. The molecule has 2 aliphatic rings. The molecule has 3 rings (SSSR count). The molecule has 5 nitrogen and oxygen atoms in total. The van der Waals surface area contributed by atoms with E-state index in [9.17, 15) is 14.7 Å². The molecule has 2 fully saturated rings. The summed E-state index contributed by atoms with van der Waals surface area (Å²) in [5.41, 5.74) is -0.434. The SMILES string of the molecule is O=C(NC1CCN(C(=O)C2(O)CCCC2)CC1)c1ccsc1. The van der Waals surface area contributed by atoms with Crippen molar-refractivity contribution in [2.24, 2.45) is 0 Å². The molecule has 2 N–H and O–H groups in total. The molecule has 0 radical (unpaired) electrons. The number of hydrogen-bond donors (Lipinski definition) is 2. The molecule has 0 bridgehead atoms. The third kappa shape index (κ3) is 3.17. The number of piperidine rings is 1. The molecule has 0 aromatic carbocycles. The quantitative estimate of drug-likeness (QED) is 0.891. The van der Waals surface area contributed by atoms with E-state index in [4.69, 9.17) is 0 Å². The fourth-order valence-corrected chi connectivity index (χ4v) is 3.99. The highest BCUT2D eigenvalue weighted by molar-refractivity contribution is 7.08. The first kappa shape index (κ1) is 15.5. The zero-order valence-electron chi connectivity index (χ0n) is 12.6. The molecule has 0 atom stereocenters. The maximum atomic E-state index is 12.4. The Balaban J connectivity index is 1.50. The topological polar surface area (TPSA) is 69.6 Å². The van der Waals surface area contributed by atoms with E-state index in [2.05, 4.69) is 5.32 Å². The molecule has 1 aromatic rings. The van der Waals surface area contributed by atoms with Crippen LogP contribution < -0.4 is 5.32 Å². The van der Waals surface area contributed by atoms with Crippen molar-refractivity contribution >= 4 is 23.2 Å². The molecule has 6 heteroatoms. The molecule has 1 aliphatic carbocycles. The van der Waals surface area contributed by atoms with E-state index < -0.39 is 5.60 Å². The van der Waals surface area contributed by atoms with E-state index in [1.54, 1.807) is 4.90 Å². The first-order chi connectivity index (χ1) is 10.6. The van der Waals surface area contributed by atoms with Crippen LogP contribution in [0.4, 0.5) is 0 Å². The summed E-state index contributed by atoms with van der Waals surface area (Å²) in [6.07, 6.45) is 4.52. The molecule has 1 saturated heterocycles. The number of thiophene rings is 1. The Morgan fingerprint density at radius 2 is 1.95 bits per heavy atom. The number of nitrogens with zero attached hydrogens (tertiary/aromatic N) is 1. The molecular weight excluding hydrogens is 300 g/mol. The summed E-state index contributed by atoms with van der Waals surface area (Å²) in [6, 6.07) is 1.92. The van der Waals surface area contributed by atoms with Crippen LogP contribution in [0.5, 0.6) is 0 Å². The second-order valence-electron chi connectivity index (χ2n) is 6.29. The van der Waals surface area contributed by atoms with Crippen LogP contribution in [0.3, 0.4) is 0 Å². The van der Waals surface area contributed by atoms with E-state index in [0.29, 0.717) is 31.5 Å². The average Bonchev–Trinajstić information content (AvgIpc) is 3.19. The smallest absolute Gasteiger partial charge is 0.254 e. The number of hydrogen-bond acceptors (Lipinski definition) is 4. The molecule has 2 amide bonds. The largest absolute Gasteiger partial charge is 0.380 e. The van der Waals surface area contributed by atoms with Crippen LogP contribution in [0.1, 0.15) is 48.9 Å². The highest BCUT2D eigenvalue weighted by Gasteiger charge is 2.42. The average molecular weight is 322 g/mol. The number of carbonyl (C=O) groups excluding carboxylic acids is 2. The summed E-state index contributed by atoms with van der Waals surface area (Å²) >= 11 is 1.51. The zero-order valence-corrected chi connectivity index (χ0v) is 13.4. The molecule has 120 valence electrons. The zero-order chi connectivity index (χ0) is 15.6. The van der Waals surface area contributed by atoms with Crippen molar-refractivity contribution in [3.05, 3.63) is 22.4 Å². The van der Waals surface area contributed by atoms with Gasteiger partial charge in [0, 0.05) is 30.1 Å². The Bertz CT molecular complexity index is 530. The predicted molar refractivity (Wildman–Crippen MR) is 84.8 cm³/mol. The van der Waals surface area contributed by atoms with Gasteiger partial charge in [0.1, 0.15) is 5.60 Å². The lowest BCUT2D eigenvalue weighted by molar-refractivity contribution is -0.151. The number of aliphatic hydroxyl groups is 1. The van der Waals surface area contributed by atoms with E-state index >= 15 is 0 Å². The van der Waals surface area contributed by atoms with Crippen LogP contribution in [0.15, 0.2) is 16.8 Å². The maximum absolute atomic E-state index is 12.4. The molecule has 0 unspecified atom stereocenters. The third-order valence-corrected chi connectivity index (χ3v) is 5.41. The van der Waals surface area contributed by atoms with Gasteiger partial charge in [-0.15, -0.1) is 0 Å². The van der Waals surface area contributed by atoms with Gasteiger partial charge in [-0.1, -0.05) is 0 Å². The van der Waals surface area contributed by atoms with Crippen LogP contribution in [0.25, 0.3) is 0 Å². The van der Waals surface area contributed by atoms with Crippen molar-refractivity contribution in [3.63, 3.8) is 0 Å². The van der Waals surface area contributed by atoms with Gasteiger partial charge in [0.15, 0.2) is 0 Å². The number of rotatable bonds is 3. The summed E-state index contributed by atoms with van der Waals surface area (Å²) in [7, 11) is 0. The number of carbonyl (C=O) groups is 2. The molecule has 1 aromatic heterocycles. The second kappa shape index (κ2) is 6.38. The Labute approximate surface area is 134 Å². The Morgan fingerprint density at radius 3 is 2.55 bits per heavy atom. The predicted octanol–water partition coefficient (Wildman–Crippen LogP) is 1.77.